The SMILES string of the molecule is NC(c1ccc(Cl)cc1)C1(N2CCCCC2)CCCC1. The van der Waals surface area contributed by atoms with Gasteiger partial charge in [0.2, 0.25) is 0 Å². The van der Waals surface area contributed by atoms with Crippen molar-refractivity contribution in [2.75, 3.05) is 13.1 Å². The van der Waals surface area contributed by atoms with Crippen molar-refractivity contribution in [3.05, 3.63) is 34.9 Å². The number of likely N-dealkylation sites (tertiary alicyclic amines) is 1. The van der Waals surface area contributed by atoms with Gasteiger partial charge in [-0.3, -0.25) is 4.90 Å². The lowest BCUT2D eigenvalue weighted by Gasteiger charge is -2.47. The predicted octanol–water partition coefficient (Wildman–Crippen LogP) is 4.14. The van der Waals surface area contributed by atoms with Crippen molar-refractivity contribution in [3.63, 3.8) is 0 Å². The standard InChI is InChI=1S/C17H25ClN2/c18-15-8-6-14(7-9-15)16(19)17(10-2-3-11-17)20-12-4-1-5-13-20/h6-9,16H,1-5,10-13,19H2. The van der Waals surface area contributed by atoms with E-state index in [4.69, 9.17) is 17.3 Å². The van der Waals surface area contributed by atoms with Gasteiger partial charge in [-0.25, -0.2) is 0 Å². The number of rotatable bonds is 3. The molecule has 1 atom stereocenters. The number of halogens is 1. The van der Waals surface area contributed by atoms with Crippen LogP contribution in [0.2, 0.25) is 5.02 Å². The number of nitrogens with zero attached hydrogens (tertiary/aromatic N) is 1. The summed E-state index contributed by atoms with van der Waals surface area (Å²) in [7, 11) is 0. The van der Waals surface area contributed by atoms with Gasteiger partial charge < -0.3 is 5.73 Å². The van der Waals surface area contributed by atoms with Gasteiger partial charge in [0.1, 0.15) is 0 Å². The first kappa shape index (κ1) is 14.4. The molecule has 2 nitrogen and oxygen atoms in total. The summed E-state index contributed by atoms with van der Waals surface area (Å²) in [5.74, 6) is 0. The van der Waals surface area contributed by atoms with E-state index in [9.17, 15) is 0 Å². The van der Waals surface area contributed by atoms with E-state index in [1.807, 2.05) is 12.1 Å². The van der Waals surface area contributed by atoms with Gasteiger partial charge in [0.15, 0.2) is 0 Å². The lowest BCUT2D eigenvalue weighted by Crippen LogP contribution is -2.55. The number of piperidine rings is 1. The first-order valence-corrected chi connectivity index (χ1v) is 8.36. The molecule has 1 heterocycles. The minimum atomic E-state index is 0.111. The summed E-state index contributed by atoms with van der Waals surface area (Å²) >= 11 is 6.01. The molecule has 2 aliphatic rings. The third-order valence-corrected chi connectivity index (χ3v) is 5.52. The van der Waals surface area contributed by atoms with Crippen molar-refractivity contribution >= 4 is 11.6 Å². The van der Waals surface area contributed by atoms with E-state index in [2.05, 4.69) is 17.0 Å². The molecule has 1 aromatic carbocycles. The summed E-state index contributed by atoms with van der Waals surface area (Å²) in [5, 5.41) is 0.791. The van der Waals surface area contributed by atoms with Crippen LogP contribution in [0.4, 0.5) is 0 Å². The van der Waals surface area contributed by atoms with E-state index < -0.39 is 0 Å². The maximum absolute atomic E-state index is 6.73. The molecule has 1 saturated heterocycles. The maximum atomic E-state index is 6.73. The molecule has 0 spiro atoms. The monoisotopic (exact) mass is 292 g/mol. The Morgan fingerprint density at radius 1 is 0.950 bits per heavy atom. The Hall–Kier alpha value is -0.570. The predicted molar refractivity (Wildman–Crippen MR) is 85.0 cm³/mol. The Labute approximate surface area is 127 Å². The Kier molecular flexibility index (Phi) is 4.34. The molecule has 20 heavy (non-hydrogen) atoms. The van der Waals surface area contributed by atoms with Crippen LogP contribution in [0.1, 0.15) is 56.6 Å². The molecule has 1 saturated carbocycles. The first-order valence-electron chi connectivity index (χ1n) is 7.98. The average Bonchev–Trinajstić information content (AvgIpc) is 2.99. The molecule has 110 valence electrons. The zero-order chi connectivity index (χ0) is 14.0. The van der Waals surface area contributed by atoms with Crippen LogP contribution in [-0.4, -0.2) is 23.5 Å². The highest BCUT2D eigenvalue weighted by molar-refractivity contribution is 6.30. The van der Waals surface area contributed by atoms with Crippen molar-refractivity contribution < 1.29 is 0 Å². The molecule has 0 amide bonds. The largest absolute Gasteiger partial charge is 0.322 e. The summed E-state index contributed by atoms with van der Waals surface area (Å²) in [6.07, 6.45) is 9.16. The molecular weight excluding hydrogens is 268 g/mol. The fraction of sp³-hybridized carbons (Fsp3) is 0.647. The molecular formula is C17H25ClN2. The zero-order valence-corrected chi connectivity index (χ0v) is 12.9. The van der Waals surface area contributed by atoms with Gasteiger partial charge in [-0.2, -0.15) is 0 Å². The Morgan fingerprint density at radius 2 is 1.55 bits per heavy atom. The molecule has 1 unspecified atom stereocenters. The Morgan fingerprint density at radius 3 is 2.15 bits per heavy atom. The number of benzene rings is 1. The van der Waals surface area contributed by atoms with Crippen LogP contribution in [0, 0.1) is 0 Å². The number of nitrogens with two attached hydrogens (primary N) is 1. The van der Waals surface area contributed by atoms with Crippen LogP contribution in [0.15, 0.2) is 24.3 Å². The molecule has 3 heteroatoms. The lowest BCUT2D eigenvalue weighted by atomic mass is 9.81. The van der Waals surface area contributed by atoms with Crippen molar-refractivity contribution in [2.45, 2.75) is 56.5 Å². The van der Waals surface area contributed by atoms with Crippen molar-refractivity contribution in [3.8, 4) is 0 Å². The number of hydrogen-bond acceptors (Lipinski definition) is 2. The second-order valence-corrected chi connectivity index (χ2v) is 6.82. The molecule has 3 rings (SSSR count). The minimum Gasteiger partial charge on any atom is -0.322 e. The van der Waals surface area contributed by atoms with Gasteiger partial charge in [-0.05, 0) is 56.5 Å². The van der Waals surface area contributed by atoms with Crippen LogP contribution in [0.3, 0.4) is 0 Å². The summed E-state index contributed by atoms with van der Waals surface area (Å²) in [5.41, 5.74) is 8.16. The van der Waals surface area contributed by atoms with Crippen LogP contribution in [0.25, 0.3) is 0 Å². The van der Waals surface area contributed by atoms with Gasteiger partial charge in [0, 0.05) is 16.6 Å². The van der Waals surface area contributed by atoms with Crippen LogP contribution < -0.4 is 5.73 Å². The highest BCUT2D eigenvalue weighted by Crippen LogP contribution is 2.44. The fourth-order valence-corrected chi connectivity index (χ4v) is 4.26. The summed E-state index contributed by atoms with van der Waals surface area (Å²) < 4.78 is 0. The average molecular weight is 293 g/mol. The van der Waals surface area contributed by atoms with Crippen LogP contribution in [-0.2, 0) is 0 Å². The fourth-order valence-electron chi connectivity index (χ4n) is 4.13. The third-order valence-electron chi connectivity index (χ3n) is 5.26. The molecule has 2 fully saturated rings. The third kappa shape index (κ3) is 2.61. The first-order chi connectivity index (χ1) is 9.72. The minimum absolute atomic E-state index is 0.111. The quantitative estimate of drug-likeness (QED) is 0.907. The highest BCUT2D eigenvalue weighted by Gasteiger charge is 2.45. The van der Waals surface area contributed by atoms with Crippen molar-refractivity contribution in [1.82, 2.24) is 4.90 Å². The van der Waals surface area contributed by atoms with Gasteiger partial charge in [0.05, 0.1) is 0 Å². The smallest absolute Gasteiger partial charge is 0.0482 e. The molecule has 0 radical (unpaired) electrons. The molecule has 2 N–H and O–H groups in total. The summed E-state index contributed by atoms with van der Waals surface area (Å²) in [4.78, 5) is 2.70. The Balaban J connectivity index is 1.87. The van der Waals surface area contributed by atoms with E-state index >= 15 is 0 Å². The van der Waals surface area contributed by atoms with Crippen LogP contribution in [0.5, 0.6) is 0 Å². The summed E-state index contributed by atoms with van der Waals surface area (Å²) in [6, 6.07) is 8.26. The van der Waals surface area contributed by atoms with Gasteiger partial charge in [-0.15, -0.1) is 0 Å². The molecule has 1 aromatic rings. The Bertz CT molecular complexity index is 431. The molecule has 0 bridgehead atoms. The van der Waals surface area contributed by atoms with E-state index in [-0.39, 0.29) is 11.6 Å². The summed E-state index contributed by atoms with van der Waals surface area (Å²) in [6.45, 7) is 2.45. The van der Waals surface area contributed by atoms with Crippen molar-refractivity contribution in [2.24, 2.45) is 5.73 Å². The van der Waals surface area contributed by atoms with Gasteiger partial charge in [0.25, 0.3) is 0 Å². The highest BCUT2D eigenvalue weighted by atomic mass is 35.5. The number of hydrogen-bond donors (Lipinski definition) is 1. The molecule has 1 aliphatic heterocycles. The second-order valence-electron chi connectivity index (χ2n) is 6.39. The van der Waals surface area contributed by atoms with Crippen molar-refractivity contribution in [1.29, 1.82) is 0 Å². The maximum Gasteiger partial charge on any atom is 0.0482 e. The topological polar surface area (TPSA) is 29.3 Å². The lowest BCUT2D eigenvalue weighted by molar-refractivity contribution is 0.0478. The zero-order valence-electron chi connectivity index (χ0n) is 12.2. The molecule has 1 aliphatic carbocycles. The van der Waals surface area contributed by atoms with E-state index in [0.29, 0.717) is 0 Å². The van der Waals surface area contributed by atoms with E-state index in [0.717, 1.165) is 5.02 Å². The normalized spacial score (nSPS) is 24.7. The van der Waals surface area contributed by atoms with Gasteiger partial charge in [-0.1, -0.05) is 43.0 Å². The van der Waals surface area contributed by atoms with E-state index in [1.54, 1.807) is 0 Å². The molecule has 0 aromatic heterocycles. The second kappa shape index (κ2) is 6.05. The van der Waals surface area contributed by atoms with Gasteiger partial charge >= 0.3 is 0 Å². The van der Waals surface area contributed by atoms with E-state index in [1.165, 1.54) is 63.6 Å². The van der Waals surface area contributed by atoms with Crippen LogP contribution >= 0.6 is 11.6 Å².